The molecule has 0 fully saturated rings. The lowest BCUT2D eigenvalue weighted by atomic mass is 9.94. The van der Waals surface area contributed by atoms with E-state index in [0.29, 0.717) is 11.1 Å². The number of hydrogen-bond donors (Lipinski definition) is 0. The van der Waals surface area contributed by atoms with Gasteiger partial charge in [0.1, 0.15) is 5.92 Å². The van der Waals surface area contributed by atoms with Gasteiger partial charge in [-0.15, -0.1) is 0 Å². The van der Waals surface area contributed by atoms with Gasteiger partial charge in [-0.3, -0.25) is 9.59 Å². The van der Waals surface area contributed by atoms with Crippen LogP contribution in [0.3, 0.4) is 0 Å². The standard InChI is InChI=1S/C16H10F2O3/c1-21-12-7-8(6-11(17)14(12)18)13-15(19)9-4-2-3-5-10(9)16(13)20/h2-7,13H,1H3. The van der Waals surface area contributed by atoms with Gasteiger partial charge in [0.25, 0.3) is 0 Å². The Balaban J connectivity index is 2.13. The lowest BCUT2D eigenvalue weighted by molar-refractivity contribution is 0.0890. The summed E-state index contributed by atoms with van der Waals surface area (Å²) in [6.07, 6.45) is 0. The molecule has 2 aromatic rings. The van der Waals surface area contributed by atoms with Crippen LogP contribution in [0.4, 0.5) is 8.78 Å². The number of methoxy groups -OCH3 is 1. The highest BCUT2D eigenvalue weighted by Crippen LogP contribution is 2.36. The molecule has 3 rings (SSSR count). The van der Waals surface area contributed by atoms with E-state index in [-0.39, 0.29) is 11.3 Å². The third-order valence-corrected chi connectivity index (χ3v) is 3.55. The van der Waals surface area contributed by atoms with E-state index in [1.807, 2.05) is 0 Å². The molecule has 5 heteroatoms. The smallest absolute Gasteiger partial charge is 0.200 e. The fourth-order valence-corrected chi connectivity index (χ4v) is 2.54. The highest BCUT2D eigenvalue weighted by molar-refractivity contribution is 6.29. The van der Waals surface area contributed by atoms with E-state index in [1.165, 1.54) is 13.2 Å². The monoisotopic (exact) mass is 288 g/mol. The van der Waals surface area contributed by atoms with Crippen molar-refractivity contribution in [2.75, 3.05) is 7.11 Å². The molecule has 1 aliphatic rings. The van der Waals surface area contributed by atoms with Gasteiger partial charge in [-0.25, -0.2) is 4.39 Å². The van der Waals surface area contributed by atoms with Gasteiger partial charge in [-0.05, 0) is 17.7 Å². The van der Waals surface area contributed by atoms with Crippen LogP contribution in [-0.2, 0) is 0 Å². The summed E-state index contributed by atoms with van der Waals surface area (Å²) in [7, 11) is 1.19. The van der Waals surface area contributed by atoms with E-state index >= 15 is 0 Å². The van der Waals surface area contributed by atoms with Crippen molar-refractivity contribution in [2.45, 2.75) is 5.92 Å². The van der Waals surface area contributed by atoms with Crippen molar-refractivity contribution in [1.29, 1.82) is 0 Å². The van der Waals surface area contributed by atoms with Gasteiger partial charge in [0.2, 0.25) is 5.82 Å². The first-order valence-electron chi connectivity index (χ1n) is 6.25. The maximum atomic E-state index is 13.6. The van der Waals surface area contributed by atoms with Gasteiger partial charge in [0.05, 0.1) is 7.11 Å². The van der Waals surface area contributed by atoms with Crippen LogP contribution < -0.4 is 4.74 Å². The fourth-order valence-electron chi connectivity index (χ4n) is 2.54. The molecule has 0 amide bonds. The average molecular weight is 288 g/mol. The van der Waals surface area contributed by atoms with Crippen LogP contribution in [0, 0.1) is 11.6 Å². The molecule has 0 aromatic heterocycles. The van der Waals surface area contributed by atoms with Crippen LogP contribution in [0.25, 0.3) is 0 Å². The summed E-state index contributed by atoms with van der Waals surface area (Å²) in [5.41, 5.74) is 0.698. The Morgan fingerprint density at radius 1 is 1.00 bits per heavy atom. The Bertz CT molecular complexity index is 733. The predicted octanol–water partition coefficient (Wildman–Crippen LogP) is 3.14. The van der Waals surface area contributed by atoms with E-state index in [2.05, 4.69) is 0 Å². The Morgan fingerprint density at radius 2 is 1.57 bits per heavy atom. The van der Waals surface area contributed by atoms with Crippen molar-refractivity contribution in [3.63, 3.8) is 0 Å². The zero-order valence-corrected chi connectivity index (χ0v) is 11.0. The minimum Gasteiger partial charge on any atom is -0.494 e. The number of halogens is 2. The van der Waals surface area contributed by atoms with Gasteiger partial charge in [-0.1, -0.05) is 24.3 Å². The van der Waals surface area contributed by atoms with Gasteiger partial charge in [0.15, 0.2) is 23.1 Å². The minimum absolute atomic E-state index is 0.0944. The number of Topliss-reactive ketones (excluding diaryl/α,β-unsaturated/α-hetero) is 2. The largest absolute Gasteiger partial charge is 0.494 e. The molecule has 106 valence electrons. The number of hydrogen-bond acceptors (Lipinski definition) is 3. The number of ether oxygens (including phenoxy) is 1. The average Bonchev–Trinajstić information content (AvgIpc) is 2.74. The molecule has 0 N–H and O–H groups in total. The Kier molecular flexibility index (Phi) is 3.05. The number of fused-ring (bicyclic) bond motifs is 1. The SMILES string of the molecule is COc1cc(C2C(=O)c3ccccc3C2=O)cc(F)c1F. The molecular weight excluding hydrogens is 278 g/mol. The number of ketones is 2. The van der Waals surface area contributed by atoms with Crippen LogP contribution >= 0.6 is 0 Å². The topological polar surface area (TPSA) is 43.4 Å². The number of carbonyl (C=O) groups excluding carboxylic acids is 2. The zero-order valence-electron chi connectivity index (χ0n) is 11.0. The molecule has 0 spiro atoms. The van der Waals surface area contributed by atoms with E-state index in [1.54, 1.807) is 24.3 Å². The molecule has 0 unspecified atom stereocenters. The van der Waals surface area contributed by atoms with Gasteiger partial charge < -0.3 is 4.74 Å². The molecule has 1 aliphatic carbocycles. The molecular formula is C16H10F2O3. The van der Waals surface area contributed by atoms with E-state index in [0.717, 1.165) is 6.07 Å². The lowest BCUT2D eigenvalue weighted by Gasteiger charge is -2.10. The first-order chi connectivity index (χ1) is 10.0. The maximum absolute atomic E-state index is 13.6. The number of rotatable bonds is 2. The predicted molar refractivity (Wildman–Crippen MR) is 70.8 cm³/mol. The second-order valence-electron chi connectivity index (χ2n) is 4.73. The van der Waals surface area contributed by atoms with Gasteiger partial charge >= 0.3 is 0 Å². The Labute approximate surface area is 119 Å². The van der Waals surface area contributed by atoms with Crippen molar-refractivity contribution in [3.8, 4) is 5.75 Å². The molecule has 0 saturated heterocycles. The maximum Gasteiger partial charge on any atom is 0.200 e. The minimum atomic E-state index is -1.15. The van der Waals surface area contributed by atoms with E-state index < -0.39 is 29.1 Å². The molecule has 0 bridgehead atoms. The Hall–Kier alpha value is -2.56. The molecule has 0 aliphatic heterocycles. The highest BCUT2D eigenvalue weighted by Gasteiger charge is 2.40. The fraction of sp³-hybridized carbons (Fsp3) is 0.125. The van der Waals surface area contributed by atoms with Crippen molar-refractivity contribution >= 4 is 11.6 Å². The lowest BCUT2D eigenvalue weighted by Crippen LogP contribution is -2.13. The van der Waals surface area contributed by atoms with Crippen molar-refractivity contribution < 1.29 is 23.1 Å². The first-order valence-corrected chi connectivity index (χ1v) is 6.25. The quantitative estimate of drug-likeness (QED) is 0.797. The molecule has 3 nitrogen and oxygen atoms in total. The summed E-state index contributed by atoms with van der Waals surface area (Å²) < 4.78 is 31.8. The molecule has 0 heterocycles. The molecule has 0 saturated carbocycles. The summed E-state index contributed by atoms with van der Waals surface area (Å²) in [4.78, 5) is 24.7. The van der Waals surface area contributed by atoms with Crippen LogP contribution in [0.15, 0.2) is 36.4 Å². The van der Waals surface area contributed by atoms with Crippen LogP contribution in [-0.4, -0.2) is 18.7 Å². The van der Waals surface area contributed by atoms with Crippen molar-refractivity contribution in [1.82, 2.24) is 0 Å². The molecule has 0 radical (unpaired) electrons. The van der Waals surface area contributed by atoms with Crippen LogP contribution in [0.1, 0.15) is 32.2 Å². The normalized spacial score (nSPS) is 14.4. The third-order valence-electron chi connectivity index (χ3n) is 3.55. The summed E-state index contributed by atoms with van der Waals surface area (Å²) in [5, 5.41) is 0. The Morgan fingerprint density at radius 3 is 2.10 bits per heavy atom. The first kappa shape index (κ1) is 13.4. The molecule has 2 aromatic carbocycles. The summed E-state index contributed by atoms with van der Waals surface area (Å²) in [5.74, 6) is -4.60. The second kappa shape index (κ2) is 4.77. The van der Waals surface area contributed by atoms with E-state index in [4.69, 9.17) is 4.74 Å². The van der Waals surface area contributed by atoms with Crippen molar-refractivity contribution in [3.05, 3.63) is 64.7 Å². The summed E-state index contributed by atoms with van der Waals surface area (Å²) >= 11 is 0. The number of carbonyl (C=O) groups is 2. The van der Waals surface area contributed by atoms with E-state index in [9.17, 15) is 18.4 Å². The second-order valence-corrected chi connectivity index (χ2v) is 4.73. The van der Waals surface area contributed by atoms with Gasteiger partial charge in [0, 0.05) is 11.1 Å². The van der Waals surface area contributed by atoms with Crippen LogP contribution in [0.5, 0.6) is 5.75 Å². The van der Waals surface area contributed by atoms with Crippen LogP contribution in [0.2, 0.25) is 0 Å². The number of benzene rings is 2. The molecule has 0 atom stereocenters. The highest BCUT2D eigenvalue weighted by atomic mass is 19.2. The van der Waals surface area contributed by atoms with Crippen molar-refractivity contribution in [2.24, 2.45) is 0 Å². The summed E-state index contributed by atoms with van der Waals surface area (Å²) in [6, 6.07) is 8.45. The molecule has 21 heavy (non-hydrogen) atoms. The summed E-state index contributed by atoms with van der Waals surface area (Å²) in [6.45, 7) is 0. The van der Waals surface area contributed by atoms with Gasteiger partial charge in [-0.2, -0.15) is 4.39 Å². The third kappa shape index (κ3) is 1.93. The zero-order chi connectivity index (χ0) is 15.1.